The third-order valence-electron chi connectivity index (χ3n) is 4.13. The van der Waals surface area contributed by atoms with Gasteiger partial charge in [0.15, 0.2) is 0 Å². The van der Waals surface area contributed by atoms with Crippen molar-refractivity contribution in [2.75, 3.05) is 18.4 Å². The number of hydrogen-bond acceptors (Lipinski definition) is 4. The van der Waals surface area contributed by atoms with Crippen molar-refractivity contribution < 1.29 is 22.8 Å². The molecule has 0 bridgehead atoms. The molecule has 0 saturated carbocycles. The van der Waals surface area contributed by atoms with Crippen molar-refractivity contribution in [3.8, 4) is 0 Å². The van der Waals surface area contributed by atoms with Crippen LogP contribution in [0.2, 0.25) is 0 Å². The molecule has 0 aliphatic heterocycles. The Balaban J connectivity index is 1.67. The van der Waals surface area contributed by atoms with Gasteiger partial charge in [0.05, 0.1) is 5.56 Å². The summed E-state index contributed by atoms with van der Waals surface area (Å²) >= 11 is 0. The van der Waals surface area contributed by atoms with E-state index >= 15 is 0 Å². The summed E-state index contributed by atoms with van der Waals surface area (Å²) in [4.78, 5) is 27.5. The smallest absolute Gasteiger partial charge is 0.370 e. The van der Waals surface area contributed by atoms with Gasteiger partial charge in [0, 0.05) is 37.4 Å². The lowest BCUT2D eigenvalue weighted by Gasteiger charge is -2.11. The molecule has 0 atom stereocenters. The predicted octanol–water partition coefficient (Wildman–Crippen LogP) is 3.54. The van der Waals surface area contributed by atoms with Gasteiger partial charge in [-0.2, -0.15) is 13.2 Å². The number of carbonyl (C=O) groups is 2. The lowest BCUT2D eigenvalue weighted by molar-refractivity contribution is -0.137. The van der Waals surface area contributed by atoms with Crippen LogP contribution in [0.25, 0.3) is 0 Å². The SMILES string of the molecule is CC(C)NC(=O)NCc1ccc(C(=O)NCCCNc2ccc(C(F)(F)F)cn2)cc1. The molecule has 10 heteroatoms. The van der Waals surface area contributed by atoms with E-state index in [2.05, 4.69) is 26.3 Å². The molecule has 31 heavy (non-hydrogen) atoms. The number of halogens is 3. The molecular formula is C21H26F3N5O2. The number of carbonyl (C=O) groups excluding carboxylic acids is 2. The maximum Gasteiger partial charge on any atom is 0.417 e. The van der Waals surface area contributed by atoms with Crippen LogP contribution >= 0.6 is 0 Å². The van der Waals surface area contributed by atoms with E-state index in [1.807, 2.05) is 13.8 Å². The number of anilines is 1. The highest BCUT2D eigenvalue weighted by molar-refractivity contribution is 5.94. The van der Waals surface area contributed by atoms with E-state index in [-0.39, 0.29) is 18.0 Å². The summed E-state index contributed by atoms with van der Waals surface area (Å²) in [6.45, 7) is 4.93. The van der Waals surface area contributed by atoms with Gasteiger partial charge in [0.1, 0.15) is 5.82 Å². The molecule has 1 heterocycles. The molecule has 3 amide bonds. The molecule has 0 fully saturated rings. The molecule has 1 aromatic carbocycles. The number of amides is 3. The second-order valence-corrected chi connectivity index (χ2v) is 7.14. The first-order chi connectivity index (χ1) is 14.6. The Labute approximate surface area is 178 Å². The van der Waals surface area contributed by atoms with Crippen molar-refractivity contribution in [1.82, 2.24) is 20.9 Å². The van der Waals surface area contributed by atoms with Crippen LogP contribution < -0.4 is 21.3 Å². The molecule has 0 aliphatic rings. The van der Waals surface area contributed by atoms with Gasteiger partial charge >= 0.3 is 12.2 Å². The van der Waals surface area contributed by atoms with E-state index in [9.17, 15) is 22.8 Å². The van der Waals surface area contributed by atoms with Gasteiger partial charge < -0.3 is 21.3 Å². The maximum absolute atomic E-state index is 12.5. The molecule has 1 aromatic heterocycles. The molecule has 0 unspecified atom stereocenters. The van der Waals surface area contributed by atoms with Gasteiger partial charge in [-0.15, -0.1) is 0 Å². The van der Waals surface area contributed by atoms with Crippen LogP contribution in [0.1, 0.15) is 41.8 Å². The molecule has 2 aromatic rings. The third-order valence-corrected chi connectivity index (χ3v) is 4.13. The van der Waals surface area contributed by atoms with Gasteiger partial charge in [-0.3, -0.25) is 4.79 Å². The zero-order chi connectivity index (χ0) is 22.9. The fourth-order valence-corrected chi connectivity index (χ4v) is 2.54. The zero-order valence-electron chi connectivity index (χ0n) is 17.3. The van der Waals surface area contributed by atoms with E-state index in [0.29, 0.717) is 37.4 Å². The highest BCUT2D eigenvalue weighted by atomic mass is 19.4. The topological polar surface area (TPSA) is 95.2 Å². The van der Waals surface area contributed by atoms with Crippen molar-refractivity contribution in [3.05, 3.63) is 59.3 Å². The van der Waals surface area contributed by atoms with Crippen LogP contribution in [-0.4, -0.2) is 36.1 Å². The van der Waals surface area contributed by atoms with Crippen LogP contribution in [0.5, 0.6) is 0 Å². The van der Waals surface area contributed by atoms with Gasteiger partial charge in [-0.1, -0.05) is 12.1 Å². The Morgan fingerprint density at radius 2 is 1.71 bits per heavy atom. The summed E-state index contributed by atoms with van der Waals surface area (Å²) in [5, 5.41) is 11.1. The van der Waals surface area contributed by atoms with E-state index in [1.54, 1.807) is 24.3 Å². The maximum atomic E-state index is 12.5. The highest BCUT2D eigenvalue weighted by Crippen LogP contribution is 2.28. The number of alkyl halides is 3. The fourth-order valence-electron chi connectivity index (χ4n) is 2.54. The predicted molar refractivity (Wildman–Crippen MR) is 112 cm³/mol. The average Bonchev–Trinajstić information content (AvgIpc) is 2.71. The van der Waals surface area contributed by atoms with Crippen LogP contribution in [-0.2, 0) is 12.7 Å². The zero-order valence-corrected chi connectivity index (χ0v) is 17.3. The number of pyridine rings is 1. The second kappa shape index (κ2) is 11.2. The molecular weight excluding hydrogens is 411 g/mol. The number of urea groups is 1. The van der Waals surface area contributed by atoms with E-state index in [1.165, 1.54) is 6.07 Å². The second-order valence-electron chi connectivity index (χ2n) is 7.14. The van der Waals surface area contributed by atoms with Crippen LogP contribution in [0, 0.1) is 0 Å². The molecule has 4 N–H and O–H groups in total. The van der Waals surface area contributed by atoms with Crippen LogP contribution in [0.3, 0.4) is 0 Å². The van der Waals surface area contributed by atoms with Gasteiger partial charge in [0.2, 0.25) is 0 Å². The summed E-state index contributed by atoms with van der Waals surface area (Å²) in [6, 6.07) is 8.92. The summed E-state index contributed by atoms with van der Waals surface area (Å²) in [7, 11) is 0. The van der Waals surface area contributed by atoms with E-state index in [4.69, 9.17) is 0 Å². The Morgan fingerprint density at radius 1 is 1.00 bits per heavy atom. The standard InChI is InChI=1S/C21H26F3N5O2/c1-14(2)29-20(31)28-12-15-4-6-16(7-5-15)19(30)26-11-3-10-25-18-9-8-17(13-27-18)21(22,23)24/h4-9,13-14H,3,10-12H2,1-2H3,(H,25,27)(H,26,30)(H2,28,29,31). The fraction of sp³-hybridized carbons (Fsp3) is 0.381. The molecule has 0 aliphatic carbocycles. The third kappa shape index (κ3) is 8.53. The van der Waals surface area contributed by atoms with E-state index < -0.39 is 11.7 Å². The van der Waals surface area contributed by atoms with Crippen LogP contribution in [0.4, 0.5) is 23.8 Å². The number of hydrogen-bond donors (Lipinski definition) is 4. The monoisotopic (exact) mass is 437 g/mol. The molecule has 7 nitrogen and oxygen atoms in total. The van der Waals surface area contributed by atoms with Gasteiger partial charge in [-0.25, -0.2) is 9.78 Å². The molecule has 0 radical (unpaired) electrons. The first kappa shape index (κ1) is 24.0. The van der Waals surface area contributed by atoms with Crippen molar-refractivity contribution in [1.29, 1.82) is 0 Å². The quantitative estimate of drug-likeness (QED) is 0.452. The Kier molecular flexibility index (Phi) is 8.65. The molecule has 168 valence electrons. The van der Waals surface area contributed by atoms with Crippen LogP contribution in [0.15, 0.2) is 42.6 Å². The minimum Gasteiger partial charge on any atom is -0.370 e. The first-order valence-corrected chi connectivity index (χ1v) is 9.84. The lowest BCUT2D eigenvalue weighted by Crippen LogP contribution is -2.39. The Hall–Kier alpha value is -3.30. The lowest BCUT2D eigenvalue weighted by atomic mass is 10.1. The number of benzene rings is 1. The van der Waals surface area contributed by atoms with Crippen molar-refractivity contribution in [3.63, 3.8) is 0 Å². The Bertz CT molecular complexity index is 853. The van der Waals surface area contributed by atoms with Crippen molar-refractivity contribution in [2.45, 2.75) is 39.0 Å². The summed E-state index contributed by atoms with van der Waals surface area (Å²) in [5.41, 5.74) is 0.558. The normalized spacial score (nSPS) is 11.2. The first-order valence-electron chi connectivity index (χ1n) is 9.84. The molecule has 0 spiro atoms. The number of rotatable bonds is 9. The average molecular weight is 437 g/mol. The summed E-state index contributed by atoms with van der Waals surface area (Å²) < 4.78 is 37.5. The minimum atomic E-state index is -4.41. The highest BCUT2D eigenvalue weighted by Gasteiger charge is 2.30. The molecule has 2 rings (SSSR count). The largest absolute Gasteiger partial charge is 0.417 e. The summed E-state index contributed by atoms with van der Waals surface area (Å²) in [5.74, 6) is 0.107. The number of aromatic nitrogens is 1. The number of nitrogens with one attached hydrogen (secondary N) is 4. The van der Waals surface area contributed by atoms with Crippen molar-refractivity contribution in [2.24, 2.45) is 0 Å². The number of nitrogens with zero attached hydrogens (tertiary/aromatic N) is 1. The van der Waals surface area contributed by atoms with Crippen molar-refractivity contribution >= 4 is 17.8 Å². The Morgan fingerprint density at radius 3 is 2.29 bits per heavy atom. The van der Waals surface area contributed by atoms with Gasteiger partial charge in [-0.05, 0) is 50.1 Å². The summed E-state index contributed by atoms with van der Waals surface area (Å²) in [6.07, 6.45) is -3.06. The molecule has 0 saturated heterocycles. The van der Waals surface area contributed by atoms with Gasteiger partial charge in [0.25, 0.3) is 5.91 Å². The minimum absolute atomic E-state index is 0.0486. The van der Waals surface area contributed by atoms with E-state index in [0.717, 1.165) is 17.8 Å².